The zero-order valence-electron chi connectivity index (χ0n) is 13.1. The largest absolute Gasteiger partial charge is 0.479 e. The predicted molar refractivity (Wildman–Crippen MR) is 75.8 cm³/mol. The number of carboxylic acid groups (broad SMARTS) is 1. The molecule has 0 radical (unpaired) electrons. The minimum absolute atomic E-state index is 0.0632. The van der Waals surface area contributed by atoms with Crippen molar-refractivity contribution in [2.45, 2.75) is 58.3 Å². The van der Waals surface area contributed by atoms with Gasteiger partial charge in [-0.3, -0.25) is 4.79 Å². The second kappa shape index (κ2) is 5.57. The summed E-state index contributed by atoms with van der Waals surface area (Å²) in [4.78, 5) is 24.0. The molecule has 0 aliphatic heterocycles. The Balaban J connectivity index is 2.05. The third-order valence-corrected chi connectivity index (χ3v) is 4.92. The Labute approximate surface area is 125 Å². The van der Waals surface area contributed by atoms with E-state index >= 15 is 0 Å². The summed E-state index contributed by atoms with van der Waals surface area (Å²) in [5, 5.41) is 12.4. The standard InChI is InChI=1S/C15H25NO5/c1-5-20-10-7-9(10)12(17)16-15(13(18)19)8-11(21-6-2)14(15,3)4/h9-11H,5-8H2,1-4H3,(H,16,17)(H,18,19). The summed E-state index contributed by atoms with van der Waals surface area (Å²) >= 11 is 0. The van der Waals surface area contributed by atoms with Gasteiger partial charge in [0.25, 0.3) is 0 Å². The first kappa shape index (κ1) is 16.2. The van der Waals surface area contributed by atoms with E-state index in [1.165, 1.54) is 0 Å². The first-order valence-corrected chi connectivity index (χ1v) is 7.58. The van der Waals surface area contributed by atoms with Crippen LogP contribution in [0.2, 0.25) is 0 Å². The van der Waals surface area contributed by atoms with Gasteiger partial charge in [0.15, 0.2) is 0 Å². The fourth-order valence-electron chi connectivity index (χ4n) is 3.19. The van der Waals surface area contributed by atoms with Crippen LogP contribution >= 0.6 is 0 Å². The van der Waals surface area contributed by atoms with Crippen molar-refractivity contribution < 1.29 is 24.2 Å². The van der Waals surface area contributed by atoms with Crippen molar-refractivity contribution in [2.24, 2.45) is 11.3 Å². The molecule has 2 N–H and O–H groups in total. The van der Waals surface area contributed by atoms with E-state index in [9.17, 15) is 14.7 Å². The first-order chi connectivity index (χ1) is 9.80. The molecule has 0 aromatic carbocycles. The van der Waals surface area contributed by atoms with Crippen LogP contribution in [0.5, 0.6) is 0 Å². The monoisotopic (exact) mass is 299 g/mol. The van der Waals surface area contributed by atoms with E-state index in [-0.39, 0.29) is 24.0 Å². The molecule has 1 amide bonds. The zero-order valence-corrected chi connectivity index (χ0v) is 13.1. The molecular weight excluding hydrogens is 274 g/mol. The van der Waals surface area contributed by atoms with Crippen molar-refractivity contribution in [1.82, 2.24) is 5.32 Å². The van der Waals surface area contributed by atoms with Gasteiger partial charge in [-0.25, -0.2) is 4.79 Å². The van der Waals surface area contributed by atoms with E-state index in [4.69, 9.17) is 9.47 Å². The van der Waals surface area contributed by atoms with Gasteiger partial charge in [-0.05, 0) is 20.3 Å². The third kappa shape index (κ3) is 2.55. The maximum atomic E-state index is 12.3. The van der Waals surface area contributed by atoms with Crippen molar-refractivity contribution in [3.63, 3.8) is 0 Å². The van der Waals surface area contributed by atoms with Gasteiger partial charge < -0.3 is 19.9 Å². The summed E-state index contributed by atoms with van der Waals surface area (Å²) in [5.74, 6) is -1.44. The minimum Gasteiger partial charge on any atom is -0.479 e. The topological polar surface area (TPSA) is 84.9 Å². The molecule has 2 fully saturated rings. The van der Waals surface area contributed by atoms with Crippen LogP contribution < -0.4 is 5.32 Å². The Morgan fingerprint density at radius 3 is 2.33 bits per heavy atom. The number of hydrogen-bond donors (Lipinski definition) is 2. The van der Waals surface area contributed by atoms with E-state index < -0.39 is 16.9 Å². The average Bonchev–Trinajstić information content (AvgIpc) is 3.16. The number of carbonyl (C=O) groups excluding carboxylic acids is 1. The molecular formula is C15H25NO5. The summed E-state index contributed by atoms with van der Waals surface area (Å²) in [7, 11) is 0. The molecule has 2 aliphatic rings. The lowest BCUT2D eigenvalue weighted by atomic mass is 9.54. The van der Waals surface area contributed by atoms with E-state index in [0.29, 0.717) is 26.1 Å². The van der Waals surface area contributed by atoms with E-state index in [1.807, 2.05) is 27.7 Å². The van der Waals surface area contributed by atoms with Crippen LogP contribution in [0.3, 0.4) is 0 Å². The molecule has 0 heterocycles. The molecule has 0 spiro atoms. The van der Waals surface area contributed by atoms with Crippen LogP contribution in [0.15, 0.2) is 0 Å². The fraction of sp³-hybridized carbons (Fsp3) is 0.867. The van der Waals surface area contributed by atoms with Crippen LogP contribution in [0.4, 0.5) is 0 Å². The molecule has 4 unspecified atom stereocenters. The van der Waals surface area contributed by atoms with Crippen LogP contribution in [-0.4, -0.2) is 47.9 Å². The van der Waals surface area contributed by atoms with E-state index in [1.54, 1.807) is 0 Å². The van der Waals surface area contributed by atoms with Gasteiger partial charge in [0.2, 0.25) is 5.91 Å². The van der Waals surface area contributed by atoms with Crippen molar-refractivity contribution in [3.8, 4) is 0 Å². The number of ether oxygens (including phenoxy) is 2. The summed E-state index contributed by atoms with van der Waals surface area (Å²) in [6, 6.07) is 0. The summed E-state index contributed by atoms with van der Waals surface area (Å²) in [5.41, 5.74) is -1.89. The van der Waals surface area contributed by atoms with Crippen molar-refractivity contribution >= 4 is 11.9 Å². The summed E-state index contributed by atoms with van der Waals surface area (Å²) < 4.78 is 11.0. The number of nitrogens with one attached hydrogen (secondary N) is 1. The van der Waals surface area contributed by atoms with E-state index in [2.05, 4.69) is 5.32 Å². The molecule has 6 nitrogen and oxygen atoms in total. The van der Waals surface area contributed by atoms with Crippen LogP contribution in [-0.2, 0) is 19.1 Å². The number of amides is 1. The smallest absolute Gasteiger partial charge is 0.330 e. The number of carboxylic acids is 1. The average molecular weight is 299 g/mol. The third-order valence-electron chi connectivity index (χ3n) is 4.92. The lowest BCUT2D eigenvalue weighted by Crippen LogP contribution is -2.76. The SMILES string of the molecule is CCOC1CC1C(=O)NC1(C(=O)O)CC(OCC)C1(C)C. The van der Waals surface area contributed by atoms with Crippen molar-refractivity contribution in [2.75, 3.05) is 13.2 Å². The Morgan fingerprint density at radius 2 is 1.86 bits per heavy atom. The Morgan fingerprint density at radius 1 is 1.24 bits per heavy atom. The second-order valence-corrected chi connectivity index (χ2v) is 6.41. The Hall–Kier alpha value is -1.14. The predicted octanol–water partition coefficient (Wildman–Crippen LogP) is 1.19. The second-order valence-electron chi connectivity index (χ2n) is 6.41. The maximum absolute atomic E-state index is 12.3. The molecule has 21 heavy (non-hydrogen) atoms. The minimum atomic E-state index is -1.25. The molecule has 120 valence electrons. The molecule has 2 aliphatic carbocycles. The van der Waals surface area contributed by atoms with Gasteiger partial charge in [0.1, 0.15) is 5.54 Å². The number of carbonyl (C=O) groups is 2. The van der Waals surface area contributed by atoms with Gasteiger partial charge in [-0.1, -0.05) is 13.8 Å². The van der Waals surface area contributed by atoms with Crippen LogP contribution in [0.25, 0.3) is 0 Å². The lowest BCUT2D eigenvalue weighted by Gasteiger charge is -2.58. The van der Waals surface area contributed by atoms with E-state index in [0.717, 1.165) is 0 Å². The molecule has 0 saturated heterocycles. The molecule has 2 saturated carbocycles. The molecule has 2 rings (SSSR count). The fourth-order valence-corrected chi connectivity index (χ4v) is 3.19. The molecule has 6 heteroatoms. The highest BCUT2D eigenvalue weighted by atomic mass is 16.5. The summed E-state index contributed by atoms with van der Waals surface area (Å²) in [6.45, 7) is 8.53. The Bertz CT molecular complexity index is 436. The number of aliphatic carboxylic acids is 1. The highest BCUT2D eigenvalue weighted by molar-refractivity contribution is 5.91. The molecule has 0 aromatic heterocycles. The maximum Gasteiger partial charge on any atom is 0.330 e. The van der Waals surface area contributed by atoms with Crippen molar-refractivity contribution in [1.29, 1.82) is 0 Å². The first-order valence-electron chi connectivity index (χ1n) is 7.58. The molecule has 4 atom stereocenters. The van der Waals surface area contributed by atoms with Gasteiger partial charge in [0.05, 0.1) is 18.1 Å². The highest BCUT2D eigenvalue weighted by Crippen LogP contribution is 2.52. The Kier molecular flexibility index (Phi) is 4.31. The number of rotatable bonds is 7. The van der Waals surface area contributed by atoms with Gasteiger partial charge in [-0.15, -0.1) is 0 Å². The quantitative estimate of drug-likeness (QED) is 0.737. The van der Waals surface area contributed by atoms with Gasteiger partial charge in [0, 0.05) is 25.0 Å². The van der Waals surface area contributed by atoms with Crippen LogP contribution in [0.1, 0.15) is 40.5 Å². The normalized spacial score (nSPS) is 36.7. The van der Waals surface area contributed by atoms with Crippen molar-refractivity contribution in [3.05, 3.63) is 0 Å². The van der Waals surface area contributed by atoms with Crippen LogP contribution in [0, 0.1) is 11.3 Å². The highest BCUT2D eigenvalue weighted by Gasteiger charge is 2.67. The summed E-state index contributed by atoms with van der Waals surface area (Å²) in [6.07, 6.45) is 0.763. The van der Waals surface area contributed by atoms with Gasteiger partial charge >= 0.3 is 5.97 Å². The number of hydrogen-bond acceptors (Lipinski definition) is 4. The molecule has 0 bridgehead atoms. The lowest BCUT2D eigenvalue weighted by molar-refractivity contribution is -0.195. The zero-order chi connectivity index (χ0) is 15.8. The molecule has 0 aromatic rings. The van der Waals surface area contributed by atoms with Gasteiger partial charge in [-0.2, -0.15) is 0 Å².